The molecule has 6 heteroatoms. The van der Waals surface area contributed by atoms with E-state index in [4.69, 9.17) is 14.6 Å². The first-order valence-electron chi connectivity index (χ1n) is 5.77. The van der Waals surface area contributed by atoms with E-state index >= 15 is 0 Å². The van der Waals surface area contributed by atoms with Gasteiger partial charge in [-0.2, -0.15) is 0 Å². The van der Waals surface area contributed by atoms with Gasteiger partial charge in [-0.15, -0.1) is 0 Å². The molecule has 98 valence electrons. The second-order valence-electron chi connectivity index (χ2n) is 4.15. The Morgan fingerprint density at radius 2 is 2.28 bits per heavy atom. The molecule has 1 fully saturated rings. The highest BCUT2D eigenvalue weighted by atomic mass is 19.1. The van der Waals surface area contributed by atoms with Crippen molar-refractivity contribution in [3.05, 3.63) is 23.6 Å². The lowest BCUT2D eigenvalue weighted by Crippen LogP contribution is -2.22. The molecule has 5 nitrogen and oxygen atoms in total. The molecule has 1 aliphatic heterocycles. The van der Waals surface area contributed by atoms with Crippen molar-refractivity contribution in [2.24, 2.45) is 5.92 Å². The third-order valence-electron chi connectivity index (χ3n) is 2.88. The molecule has 1 aromatic heterocycles. The van der Waals surface area contributed by atoms with Crippen LogP contribution in [0, 0.1) is 11.7 Å². The van der Waals surface area contributed by atoms with Crippen LogP contribution in [0.1, 0.15) is 23.2 Å². The van der Waals surface area contributed by atoms with Crippen LogP contribution in [-0.2, 0) is 4.74 Å². The van der Waals surface area contributed by atoms with Crippen LogP contribution < -0.4 is 4.74 Å². The molecule has 1 aromatic rings. The van der Waals surface area contributed by atoms with Crippen molar-refractivity contribution < 1.29 is 23.8 Å². The molecule has 1 aliphatic rings. The maximum Gasteiger partial charge on any atom is 0.338 e. The summed E-state index contributed by atoms with van der Waals surface area (Å²) in [4.78, 5) is 14.5. The third-order valence-corrected chi connectivity index (χ3v) is 2.88. The van der Waals surface area contributed by atoms with Gasteiger partial charge in [-0.3, -0.25) is 0 Å². The minimum Gasteiger partial charge on any atom is -0.478 e. The smallest absolute Gasteiger partial charge is 0.338 e. The normalized spacial score (nSPS) is 16.5. The number of aromatic nitrogens is 1. The molecular weight excluding hydrogens is 241 g/mol. The molecule has 18 heavy (non-hydrogen) atoms. The van der Waals surface area contributed by atoms with Gasteiger partial charge in [0.2, 0.25) is 0 Å². The molecule has 0 amide bonds. The molecule has 0 aliphatic carbocycles. The van der Waals surface area contributed by atoms with E-state index in [1.165, 1.54) is 6.20 Å². The Labute approximate surface area is 104 Å². The number of ether oxygens (including phenoxy) is 2. The first kappa shape index (κ1) is 12.8. The van der Waals surface area contributed by atoms with Gasteiger partial charge in [0.05, 0.1) is 6.61 Å². The van der Waals surface area contributed by atoms with Crippen LogP contribution >= 0.6 is 0 Å². The number of nitrogens with zero attached hydrogens (tertiary/aromatic N) is 1. The monoisotopic (exact) mass is 255 g/mol. The van der Waals surface area contributed by atoms with Crippen molar-refractivity contribution in [1.82, 2.24) is 4.98 Å². The van der Waals surface area contributed by atoms with Crippen LogP contribution in [0.3, 0.4) is 0 Å². The summed E-state index contributed by atoms with van der Waals surface area (Å²) in [5, 5.41) is 8.77. The molecule has 0 atom stereocenters. The number of carbonyl (C=O) groups is 1. The van der Waals surface area contributed by atoms with Gasteiger partial charge in [-0.05, 0) is 24.8 Å². The Kier molecular flexibility index (Phi) is 4.09. The Morgan fingerprint density at radius 1 is 1.56 bits per heavy atom. The Bertz CT molecular complexity index is 432. The van der Waals surface area contributed by atoms with E-state index in [0.29, 0.717) is 25.7 Å². The molecule has 1 N–H and O–H groups in total. The van der Waals surface area contributed by atoms with Crippen molar-refractivity contribution in [3.63, 3.8) is 0 Å². The zero-order chi connectivity index (χ0) is 13.0. The highest BCUT2D eigenvalue weighted by Crippen LogP contribution is 2.20. The van der Waals surface area contributed by atoms with Crippen LogP contribution in [-0.4, -0.2) is 35.9 Å². The van der Waals surface area contributed by atoms with Gasteiger partial charge < -0.3 is 14.6 Å². The largest absolute Gasteiger partial charge is 0.478 e. The molecule has 0 unspecified atom stereocenters. The SMILES string of the molecule is O=C(O)c1ccnc(OCC2CCOCC2)c1F. The summed E-state index contributed by atoms with van der Waals surface area (Å²) in [6.07, 6.45) is 2.95. The molecule has 0 saturated carbocycles. The maximum absolute atomic E-state index is 13.7. The second kappa shape index (κ2) is 5.77. The van der Waals surface area contributed by atoms with Gasteiger partial charge in [0.25, 0.3) is 5.88 Å². The number of hydrogen-bond acceptors (Lipinski definition) is 4. The summed E-state index contributed by atoms with van der Waals surface area (Å²) >= 11 is 0. The third kappa shape index (κ3) is 2.95. The van der Waals surface area contributed by atoms with Gasteiger partial charge in [0.15, 0.2) is 5.82 Å². The first-order valence-corrected chi connectivity index (χ1v) is 5.77. The highest BCUT2D eigenvalue weighted by molar-refractivity contribution is 5.88. The Hall–Kier alpha value is -1.69. The van der Waals surface area contributed by atoms with Crippen molar-refractivity contribution in [1.29, 1.82) is 0 Å². The van der Waals surface area contributed by atoms with Crippen molar-refractivity contribution in [2.75, 3.05) is 19.8 Å². The quantitative estimate of drug-likeness (QED) is 0.887. The predicted molar refractivity (Wildman–Crippen MR) is 60.2 cm³/mol. The van der Waals surface area contributed by atoms with Crippen LogP contribution in [0.2, 0.25) is 0 Å². The summed E-state index contributed by atoms with van der Waals surface area (Å²) in [6, 6.07) is 1.11. The molecule has 2 rings (SSSR count). The summed E-state index contributed by atoms with van der Waals surface area (Å²) in [6.45, 7) is 1.69. The van der Waals surface area contributed by atoms with E-state index in [2.05, 4.69) is 4.98 Å². The van der Waals surface area contributed by atoms with Gasteiger partial charge in [-0.1, -0.05) is 0 Å². The number of carboxylic acids is 1. The van der Waals surface area contributed by atoms with Crippen LogP contribution in [0.5, 0.6) is 5.88 Å². The van der Waals surface area contributed by atoms with E-state index in [1.54, 1.807) is 0 Å². The Morgan fingerprint density at radius 3 is 2.94 bits per heavy atom. The summed E-state index contributed by atoms with van der Waals surface area (Å²) < 4.78 is 24.1. The lowest BCUT2D eigenvalue weighted by atomic mass is 10.0. The number of pyridine rings is 1. The first-order chi connectivity index (χ1) is 8.68. The minimum absolute atomic E-state index is 0.249. The molecule has 1 saturated heterocycles. The van der Waals surface area contributed by atoms with E-state index in [-0.39, 0.29) is 5.88 Å². The topological polar surface area (TPSA) is 68.7 Å². The summed E-state index contributed by atoms with van der Waals surface area (Å²) in [7, 11) is 0. The van der Waals surface area contributed by atoms with E-state index in [9.17, 15) is 9.18 Å². The van der Waals surface area contributed by atoms with E-state index in [1.807, 2.05) is 0 Å². The van der Waals surface area contributed by atoms with Crippen molar-refractivity contribution >= 4 is 5.97 Å². The molecule has 0 aromatic carbocycles. The van der Waals surface area contributed by atoms with E-state index in [0.717, 1.165) is 18.9 Å². The van der Waals surface area contributed by atoms with Gasteiger partial charge >= 0.3 is 5.97 Å². The number of aromatic carboxylic acids is 1. The van der Waals surface area contributed by atoms with Crippen LogP contribution in [0.25, 0.3) is 0 Å². The number of rotatable bonds is 4. The van der Waals surface area contributed by atoms with Gasteiger partial charge in [-0.25, -0.2) is 14.2 Å². The molecule has 0 bridgehead atoms. The fourth-order valence-corrected chi connectivity index (χ4v) is 1.80. The lowest BCUT2D eigenvalue weighted by molar-refractivity contribution is 0.0482. The van der Waals surface area contributed by atoms with Crippen LogP contribution in [0.15, 0.2) is 12.3 Å². The average Bonchev–Trinajstić information content (AvgIpc) is 2.38. The van der Waals surface area contributed by atoms with Crippen molar-refractivity contribution in [3.8, 4) is 5.88 Å². The molecular formula is C12H14FNO4. The molecule has 2 heterocycles. The average molecular weight is 255 g/mol. The molecule has 0 radical (unpaired) electrons. The second-order valence-corrected chi connectivity index (χ2v) is 4.15. The maximum atomic E-state index is 13.7. The van der Waals surface area contributed by atoms with E-state index < -0.39 is 17.3 Å². The van der Waals surface area contributed by atoms with Gasteiger partial charge in [0.1, 0.15) is 5.56 Å². The lowest BCUT2D eigenvalue weighted by Gasteiger charge is -2.21. The summed E-state index contributed by atoms with van der Waals surface area (Å²) in [5.41, 5.74) is -0.424. The zero-order valence-corrected chi connectivity index (χ0v) is 9.76. The van der Waals surface area contributed by atoms with Gasteiger partial charge in [0, 0.05) is 19.4 Å². The number of halogens is 1. The highest BCUT2D eigenvalue weighted by Gasteiger charge is 2.19. The number of carboxylic acid groups (broad SMARTS) is 1. The number of hydrogen-bond donors (Lipinski definition) is 1. The minimum atomic E-state index is -1.33. The van der Waals surface area contributed by atoms with Crippen molar-refractivity contribution in [2.45, 2.75) is 12.8 Å². The van der Waals surface area contributed by atoms with Crippen LogP contribution in [0.4, 0.5) is 4.39 Å². The summed E-state index contributed by atoms with van der Waals surface area (Å²) in [5.74, 6) is -2.20. The fraction of sp³-hybridized carbons (Fsp3) is 0.500. The predicted octanol–water partition coefficient (Wildman–Crippen LogP) is 1.72. The standard InChI is InChI=1S/C12H14FNO4/c13-10-9(12(15)16)1-4-14-11(10)18-7-8-2-5-17-6-3-8/h1,4,8H,2-3,5-7H2,(H,15,16). The fourth-order valence-electron chi connectivity index (χ4n) is 1.80. The zero-order valence-electron chi connectivity index (χ0n) is 9.76. The Balaban J connectivity index is 2.00. The molecule has 0 spiro atoms.